The molecule has 2 fully saturated rings. The van der Waals surface area contributed by atoms with E-state index in [1.54, 1.807) is 0 Å². The minimum atomic E-state index is -0.621. The molecular weight excluding hydrogens is 328 g/mol. The lowest BCUT2D eigenvalue weighted by Gasteiger charge is -2.45. The standard InChI is InChI=1S/C22H34O4/c1-7-24-20(23)17(3)9-11-18-10-8-16(2)19(21(18,4)5)12-13-22(6)25-14-15-26-22/h9,12-13,18-19H,2,7-8,10-11,14-15H2,1,3-6H3/b13-12+,17-9+/t18-,19-/m1/s1. The third-order valence-corrected chi connectivity index (χ3v) is 5.87. The summed E-state index contributed by atoms with van der Waals surface area (Å²) in [5.41, 5.74) is 2.00. The van der Waals surface area contributed by atoms with E-state index in [1.807, 2.05) is 32.9 Å². The van der Waals surface area contributed by atoms with Gasteiger partial charge >= 0.3 is 5.97 Å². The number of ether oxygens (including phenoxy) is 3. The average molecular weight is 363 g/mol. The second-order valence-electron chi connectivity index (χ2n) is 8.11. The first-order valence-electron chi connectivity index (χ1n) is 9.68. The van der Waals surface area contributed by atoms with Gasteiger partial charge in [0.1, 0.15) is 0 Å². The van der Waals surface area contributed by atoms with Crippen molar-refractivity contribution in [3.05, 3.63) is 36.0 Å². The fourth-order valence-corrected chi connectivity index (χ4v) is 4.02. The first kappa shape index (κ1) is 20.9. The van der Waals surface area contributed by atoms with Crippen LogP contribution >= 0.6 is 0 Å². The quantitative estimate of drug-likeness (QED) is 0.386. The molecule has 0 aromatic carbocycles. The number of rotatable bonds is 6. The molecule has 1 aliphatic heterocycles. The van der Waals surface area contributed by atoms with Crippen LogP contribution in [0.25, 0.3) is 0 Å². The summed E-state index contributed by atoms with van der Waals surface area (Å²) in [6.45, 7) is 16.2. The van der Waals surface area contributed by atoms with Crippen molar-refractivity contribution < 1.29 is 19.0 Å². The highest BCUT2D eigenvalue weighted by molar-refractivity contribution is 5.87. The van der Waals surface area contributed by atoms with Gasteiger partial charge in [-0.25, -0.2) is 4.79 Å². The summed E-state index contributed by atoms with van der Waals surface area (Å²) in [6.07, 6.45) is 9.26. The van der Waals surface area contributed by atoms with E-state index in [0.29, 0.717) is 31.3 Å². The Bertz CT molecular complexity index is 579. The van der Waals surface area contributed by atoms with Crippen LogP contribution in [-0.4, -0.2) is 31.6 Å². The van der Waals surface area contributed by atoms with Gasteiger partial charge in [0.25, 0.3) is 0 Å². The van der Waals surface area contributed by atoms with Gasteiger partial charge in [-0.1, -0.05) is 38.2 Å². The summed E-state index contributed by atoms with van der Waals surface area (Å²) in [5.74, 6) is -0.0955. The molecule has 1 saturated heterocycles. The van der Waals surface area contributed by atoms with Gasteiger partial charge in [-0.3, -0.25) is 0 Å². The molecule has 0 unspecified atom stereocenters. The van der Waals surface area contributed by atoms with Crippen molar-refractivity contribution in [3.8, 4) is 0 Å². The Morgan fingerprint density at radius 3 is 2.58 bits per heavy atom. The van der Waals surface area contributed by atoms with Gasteiger partial charge in [0.05, 0.1) is 19.8 Å². The first-order valence-corrected chi connectivity index (χ1v) is 9.68. The number of esters is 1. The highest BCUT2D eigenvalue weighted by Gasteiger charge is 2.41. The lowest BCUT2D eigenvalue weighted by atomic mass is 9.59. The minimum absolute atomic E-state index is 0.0479. The Morgan fingerprint density at radius 1 is 1.31 bits per heavy atom. The van der Waals surface area contributed by atoms with Crippen molar-refractivity contribution in [2.75, 3.05) is 19.8 Å². The van der Waals surface area contributed by atoms with Crippen LogP contribution < -0.4 is 0 Å². The fourth-order valence-electron chi connectivity index (χ4n) is 4.02. The van der Waals surface area contributed by atoms with E-state index in [9.17, 15) is 4.79 Å². The number of carbonyl (C=O) groups excluding carboxylic acids is 1. The maximum absolute atomic E-state index is 11.8. The molecule has 4 heteroatoms. The zero-order valence-electron chi connectivity index (χ0n) is 17.0. The maximum Gasteiger partial charge on any atom is 0.333 e. The highest BCUT2D eigenvalue weighted by atomic mass is 16.7. The van der Waals surface area contributed by atoms with Gasteiger partial charge in [0.2, 0.25) is 0 Å². The van der Waals surface area contributed by atoms with E-state index in [1.165, 1.54) is 5.57 Å². The molecule has 1 aliphatic carbocycles. The molecule has 1 saturated carbocycles. The van der Waals surface area contributed by atoms with Gasteiger partial charge in [-0.15, -0.1) is 0 Å². The second kappa shape index (κ2) is 8.53. The predicted molar refractivity (Wildman–Crippen MR) is 104 cm³/mol. The average Bonchev–Trinajstić information content (AvgIpc) is 3.00. The van der Waals surface area contributed by atoms with Crippen molar-refractivity contribution in [1.29, 1.82) is 0 Å². The van der Waals surface area contributed by atoms with Crippen LogP contribution in [0.15, 0.2) is 36.0 Å². The van der Waals surface area contributed by atoms with Crippen LogP contribution in [0.4, 0.5) is 0 Å². The molecule has 4 nitrogen and oxygen atoms in total. The molecule has 0 N–H and O–H groups in total. The van der Waals surface area contributed by atoms with Gasteiger partial charge in [-0.05, 0) is 57.4 Å². The van der Waals surface area contributed by atoms with Crippen LogP contribution in [0.1, 0.15) is 53.9 Å². The molecule has 0 amide bonds. The molecule has 1 heterocycles. The van der Waals surface area contributed by atoms with Gasteiger partial charge in [-0.2, -0.15) is 0 Å². The van der Waals surface area contributed by atoms with Crippen molar-refractivity contribution in [1.82, 2.24) is 0 Å². The third kappa shape index (κ3) is 4.86. The van der Waals surface area contributed by atoms with Gasteiger partial charge in [0, 0.05) is 11.5 Å². The van der Waals surface area contributed by atoms with Crippen LogP contribution in [-0.2, 0) is 19.0 Å². The van der Waals surface area contributed by atoms with Crippen molar-refractivity contribution in [3.63, 3.8) is 0 Å². The zero-order chi connectivity index (χ0) is 19.4. The second-order valence-corrected chi connectivity index (χ2v) is 8.11. The number of allylic oxidation sites excluding steroid dienone is 3. The molecular formula is C22H34O4. The molecule has 2 aliphatic rings. The summed E-state index contributed by atoms with van der Waals surface area (Å²) in [4.78, 5) is 11.8. The molecule has 0 bridgehead atoms. The van der Waals surface area contributed by atoms with E-state index < -0.39 is 5.79 Å². The normalized spacial score (nSPS) is 28.5. The number of hydrogen-bond donors (Lipinski definition) is 0. The van der Waals surface area contributed by atoms with Crippen LogP contribution in [0.2, 0.25) is 0 Å². The van der Waals surface area contributed by atoms with Crippen LogP contribution in [0, 0.1) is 17.3 Å². The van der Waals surface area contributed by atoms with E-state index >= 15 is 0 Å². The van der Waals surface area contributed by atoms with E-state index in [2.05, 4.69) is 26.5 Å². The SMILES string of the molecule is C=C1CC[C@H](C/C=C(\C)C(=O)OCC)C(C)(C)[C@@H]1/C=C/C1(C)OCCO1. The van der Waals surface area contributed by atoms with Crippen LogP contribution in [0.5, 0.6) is 0 Å². The van der Waals surface area contributed by atoms with Crippen molar-refractivity contribution in [2.45, 2.75) is 59.7 Å². The zero-order valence-corrected chi connectivity index (χ0v) is 17.0. The number of carbonyl (C=O) groups is 1. The molecule has 2 atom stereocenters. The summed E-state index contributed by atoms with van der Waals surface area (Å²) in [7, 11) is 0. The fraction of sp³-hybridized carbons (Fsp3) is 0.682. The summed E-state index contributed by atoms with van der Waals surface area (Å²) < 4.78 is 16.5. The molecule has 146 valence electrons. The topological polar surface area (TPSA) is 44.8 Å². The van der Waals surface area contributed by atoms with E-state index in [-0.39, 0.29) is 17.3 Å². The van der Waals surface area contributed by atoms with E-state index in [4.69, 9.17) is 14.2 Å². The Morgan fingerprint density at radius 2 is 1.96 bits per heavy atom. The monoisotopic (exact) mass is 362 g/mol. The molecule has 26 heavy (non-hydrogen) atoms. The first-order chi connectivity index (χ1) is 12.2. The Hall–Kier alpha value is -1.39. The lowest BCUT2D eigenvalue weighted by molar-refractivity contribution is -0.138. The molecule has 0 spiro atoms. The minimum Gasteiger partial charge on any atom is -0.463 e. The largest absolute Gasteiger partial charge is 0.463 e. The maximum atomic E-state index is 11.8. The summed E-state index contributed by atoms with van der Waals surface area (Å²) in [5, 5.41) is 0. The smallest absolute Gasteiger partial charge is 0.333 e. The predicted octanol–water partition coefficient (Wildman–Crippen LogP) is 4.81. The van der Waals surface area contributed by atoms with E-state index in [0.717, 1.165) is 19.3 Å². The highest BCUT2D eigenvalue weighted by Crippen LogP contribution is 2.49. The third-order valence-electron chi connectivity index (χ3n) is 5.87. The van der Waals surface area contributed by atoms with Gasteiger partial charge in [0.15, 0.2) is 5.79 Å². The summed E-state index contributed by atoms with van der Waals surface area (Å²) in [6, 6.07) is 0. The molecule has 2 rings (SSSR count). The molecule has 0 aromatic rings. The summed E-state index contributed by atoms with van der Waals surface area (Å²) >= 11 is 0. The van der Waals surface area contributed by atoms with Crippen molar-refractivity contribution >= 4 is 5.97 Å². The number of hydrogen-bond acceptors (Lipinski definition) is 4. The Labute approximate surface area is 158 Å². The lowest BCUT2D eigenvalue weighted by Crippen LogP contribution is -2.37. The molecule has 0 radical (unpaired) electrons. The Kier molecular flexibility index (Phi) is 6.86. The van der Waals surface area contributed by atoms with Gasteiger partial charge < -0.3 is 14.2 Å². The van der Waals surface area contributed by atoms with Crippen LogP contribution in [0.3, 0.4) is 0 Å². The van der Waals surface area contributed by atoms with Crippen molar-refractivity contribution in [2.24, 2.45) is 17.3 Å². The molecule has 0 aromatic heterocycles. The Balaban J connectivity index is 2.10.